The van der Waals surface area contributed by atoms with Crippen molar-refractivity contribution in [3.8, 4) is 6.07 Å². The van der Waals surface area contributed by atoms with E-state index in [1.54, 1.807) is 30.3 Å². The number of nitrogens with zero attached hydrogens (tertiary/aromatic N) is 1. The molecule has 0 amide bonds. The summed E-state index contributed by atoms with van der Waals surface area (Å²) in [5.41, 5.74) is -0.556. The van der Waals surface area contributed by atoms with Crippen LogP contribution in [0.3, 0.4) is 0 Å². The Morgan fingerprint density at radius 2 is 1.80 bits per heavy atom. The van der Waals surface area contributed by atoms with Crippen LogP contribution in [0.15, 0.2) is 41.2 Å². The highest BCUT2D eigenvalue weighted by atomic mass is 16.5. The predicted octanol–water partition coefficient (Wildman–Crippen LogP) is 1.36. The van der Waals surface area contributed by atoms with Gasteiger partial charge in [-0.25, -0.2) is 4.79 Å². The Balaban J connectivity index is 2.69. The van der Waals surface area contributed by atoms with Crippen LogP contribution < -0.4 is 10.6 Å². The van der Waals surface area contributed by atoms with Crippen LogP contribution in [0.1, 0.15) is 0 Å². The molecule has 4 nitrogen and oxygen atoms in total. The number of rotatable bonds is 1. The summed E-state index contributed by atoms with van der Waals surface area (Å²) in [5, 5.41) is 12.1. The number of hydrogen-bond acceptors (Lipinski definition) is 4. The number of hydrogen-bond donors (Lipinski definition) is 0. The van der Waals surface area contributed by atoms with Gasteiger partial charge in [0.1, 0.15) is 11.6 Å². The Hall–Kier alpha value is -2.93. The van der Waals surface area contributed by atoms with E-state index in [4.69, 9.17) is 0 Å². The second-order valence-corrected chi connectivity index (χ2v) is 4.39. The Labute approximate surface area is 113 Å². The number of esters is 1. The first-order valence-corrected chi connectivity index (χ1v) is 5.98. The quantitative estimate of drug-likeness (QED) is 0.622. The third-order valence-corrected chi connectivity index (χ3v) is 3.40. The minimum absolute atomic E-state index is 0.131. The van der Waals surface area contributed by atoms with E-state index < -0.39 is 5.97 Å². The number of methoxy groups -OCH3 is 1. The molecule has 3 aromatic rings. The molecule has 20 heavy (non-hydrogen) atoms. The lowest BCUT2D eigenvalue weighted by molar-refractivity contribution is -0.133. The van der Waals surface area contributed by atoms with Gasteiger partial charge in [-0.15, -0.1) is 0 Å². The van der Waals surface area contributed by atoms with Crippen molar-refractivity contribution in [2.24, 2.45) is 0 Å². The molecule has 3 rings (SSSR count). The van der Waals surface area contributed by atoms with Crippen LogP contribution in [-0.2, 0) is 9.53 Å². The average molecular weight is 263 g/mol. The summed E-state index contributed by atoms with van der Waals surface area (Å²) in [6.45, 7) is 0. The van der Waals surface area contributed by atoms with Crippen LogP contribution in [0.25, 0.3) is 27.1 Å². The molecule has 4 heteroatoms. The van der Waals surface area contributed by atoms with Crippen molar-refractivity contribution in [1.29, 1.82) is 5.26 Å². The fraction of sp³-hybridized carbons (Fsp3) is 0.0625. The van der Waals surface area contributed by atoms with E-state index in [0.29, 0.717) is 10.8 Å². The highest BCUT2D eigenvalue weighted by Gasteiger charge is 2.18. The van der Waals surface area contributed by atoms with Gasteiger partial charge < -0.3 is 4.74 Å². The summed E-state index contributed by atoms with van der Waals surface area (Å²) in [6.07, 6.45) is 0. The lowest BCUT2D eigenvalue weighted by Gasteiger charge is -1.97. The Kier molecular flexibility index (Phi) is 2.62. The van der Waals surface area contributed by atoms with Crippen LogP contribution in [0, 0.1) is 11.3 Å². The number of carbonyl (C=O) groups excluding carboxylic acids is 1. The zero-order valence-electron chi connectivity index (χ0n) is 10.6. The van der Waals surface area contributed by atoms with Crippen LogP contribution >= 0.6 is 0 Å². The summed E-state index contributed by atoms with van der Waals surface area (Å²) < 4.78 is 4.59. The largest absolute Gasteiger partial charge is 0.465 e. The summed E-state index contributed by atoms with van der Waals surface area (Å²) in [7, 11) is 1.19. The molecule has 96 valence electrons. The van der Waals surface area contributed by atoms with Gasteiger partial charge in [-0.3, -0.25) is 4.79 Å². The maximum atomic E-state index is 12.5. The lowest BCUT2D eigenvalue weighted by Crippen LogP contribution is -2.25. The first-order valence-electron chi connectivity index (χ1n) is 5.98. The average Bonchev–Trinajstić information content (AvgIpc) is 2.76. The SMILES string of the molecule is COC(=O)C(C#N)=c1c(=O)c2cccc3cccc1c32. The minimum Gasteiger partial charge on any atom is -0.465 e. The van der Waals surface area contributed by atoms with Gasteiger partial charge in [-0.05, 0) is 10.8 Å². The van der Waals surface area contributed by atoms with Crippen LogP contribution in [0.5, 0.6) is 0 Å². The first-order chi connectivity index (χ1) is 9.69. The van der Waals surface area contributed by atoms with Crippen molar-refractivity contribution >= 4 is 33.1 Å². The van der Waals surface area contributed by atoms with Gasteiger partial charge in [-0.1, -0.05) is 36.4 Å². The van der Waals surface area contributed by atoms with Gasteiger partial charge >= 0.3 is 5.97 Å². The molecule has 0 spiro atoms. The molecule has 0 saturated carbocycles. The van der Waals surface area contributed by atoms with Crippen molar-refractivity contribution in [1.82, 2.24) is 0 Å². The smallest absolute Gasteiger partial charge is 0.349 e. The second kappa shape index (κ2) is 4.32. The van der Waals surface area contributed by atoms with E-state index >= 15 is 0 Å². The monoisotopic (exact) mass is 263 g/mol. The molecule has 0 aliphatic carbocycles. The molecule has 0 aliphatic heterocycles. The summed E-state index contributed by atoms with van der Waals surface area (Å²) in [6, 6.07) is 12.6. The van der Waals surface area contributed by atoms with E-state index in [-0.39, 0.29) is 16.2 Å². The molecule has 0 radical (unpaired) electrons. The van der Waals surface area contributed by atoms with E-state index in [2.05, 4.69) is 4.74 Å². The number of nitriles is 1. The van der Waals surface area contributed by atoms with Gasteiger partial charge in [0.05, 0.1) is 12.3 Å². The topological polar surface area (TPSA) is 67.2 Å². The molecule has 0 unspecified atom stereocenters. The molecule has 0 atom stereocenters. The van der Waals surface area contributed by atoms with Crippen molar-refractivity contribution in [2.75, 3.05) is 7.11 Å². The molecule has 0 aromatic heterocycles. The highest BCUT2D eigenvalue weighted by Crippen LogP contribution is 2.23. The van der Waals surface area contributed by atoms with Crippen molar-refractivity contribution in [3.05, 3.63) is 51.8 Å². The second-order valence-electron chi connectivity index (χ2n) is 4.39. The predicted molar refractivity (Wildman–Crippen MR) is 75.2 cm³/mol. The molecule has 0 fully saturated rings. The van der Waals surface area contributed by atoms with Crippen LogP contribution in [-0.4, -0.2) is 13.1 Å². The third kappa shape index (κ3) is 1.47. The molecule has 0 N–H and O–H groups in total. The Morgan fingerprint density at radius 3 is 2.40 bits per heavy atom. The summed E-state index contributed by atoms with van der Waals surface area (Å²) in [4.78, 5) is 24.2. The normalized spacial score (nSPS) is 12.4. The zero-order chi connectivity index (χ0) is 14.3. The van der Waals surface area contributed by atoms with Crippen LogP contribution in [0.2, 0.25) is 0 Å². The van der Waals surface area contributed by atoms with Crippen molar-refractivity contribution < 1.29 is 9.53 Å². The summed E-state index contributed by atoms with van der Waals surface area (Å²) in [5.74, 6) is -0.791. The van der Waals surface area contributed by atoms with Gasteiger partial charge in [0.2, 0.25) is 0 Å². The lowest BCUT2D eigenvalue weighted by atomic mass is 10.1. The van der Waals surface area contributed by atoms with Crippen molar-refractivity contribution in [3.63, 3.8) is 0 Å². The zero-order valence-corrected chi connectivity index (χ0v) is 10.6. The molecule has 0 heterocycles. The first kappa shape index (κ1) is 12.1. The molecule has 3 aromatic carbocycles. The Bertz CT molecular complexity index is 977. The van der Waals surface area contributed by atoms with E-state index in [1.165, 1.54) is 7.11 Å². The standard InChI is InChI=1S/C16H9NO3/c1-20-16(19)12(8-17)14-10-6-2-4-9-5-3-7-11(13(9)10)15(14)18/h2-7H,1H3. The number of carbonyl (C=O) groups is 1. The minimum atomic E-state index is -0.791. The summed E-state index contributed by atoms with van der Waals surface area (Å²) >= 11 is 0. The van der Waals surface area contributed by atoms with E-state index in [0.717, 1.165) is 10.8 Å². The van der Waals surface area contributed by atoms with E-state index in [9.17, 15) is 14.9 Å². The van der Waals surface area contributed by atoms with Gasteiger partial charge in [0.15, 0.2) is 5.43 Å². The van der Waals surface area contributed by atoms with Crippen molar-refractivity contribution in [2.45, 2.75) is 0 Å². The molecule has 0 saturated heterocycles. The number of benzene rings is 2. The maximum Gasteiger partial charge on any atom is 0.349 e. The van der Waals surface area contributed by atoms with E-state index in [1.807, 2.05) is 12.1 Å². The maximum absolute atomic E-state index is 12.5. The fourth-order valence-corrected chi connectivity index (χ4v) is 2.55. The molecule has 0 aliphatic rings. The van der Waals surface area contributed by atoms with Gasteiger partial charge in [0.25, 0.3) is 0 Å². The molecule has 0 bridgehead atoms. The molecular weight excluding hydrogens is 254 g/mol. The Morgan fingerprint density at radius 1 is 1.15 bits per heavy atom. The molecular formula is C16H9NO3. The highest BCUT2D eigenvalue weighted by molar-refractivity contribution is 6.20. The van der Waals surface area contributed by atoms with Gasteiger partial charge in [0, 0.05) is 10.8 Å². The van der Waals surface area contributed by atoms with Gasteiger partial charge in [-0.2, -0.15) is 5.26 Å². The van der Waals surface area contributed by atoms with Crippen LogP contribution in [0.4, 0.5) is 0 Å². The number of ether oxygens (including phenoxy) is 1. The third-order valence-electron chi connectivity index (χ3n) is 3.40. The fourth-order valence-electron chi connectivity index (χ4n) is 2.55.